The molecule has 194 valence electrons. The molecule has 9 nitrogen and oxygen atoms in total. The van der Waals surface area contributed by atoms with Crippen LogP contribution in [0.25, 0.3) is 0 Å². The number of aryl methyl sites for hydroxylation is 1. The van der Waals surface area contributed by atoms with Crippen molar-refractivity contribution in [1.82, 2.24) is 4.31 Å². The Morgan fingerprint density at radius 1 is 0.892 bits per heavy atom. The predicted octanol–water partition coefficient (Wildman–Crippen LogP) is 2.35. The third-order valence-corrected chi connectivity index (χ3v) is 8.91. The number of benzene rings is 3. The Bertz CT molecular complexity index is 1540. The SMILES string of the molecule is Cc1ccc(N2C(=O)CC(N(CCc3ccc(S(N)(=O)=O)cc3)S(=O)(=O)c3ccc(F)cc3)C2=O)cc1. The number of carbonyl (C=O) groups excluding carboxylic acids is 2. The molecule has 12 heteroatoms. The fraction of sp³-hybridized carbons (Fsp3) is 0.200. The molecule has 37 heavy (non-hydrogen) atoms. The van der Waals surface area contributed by atoms with Gasteiger partial charge in [0.1, 0.15) is 11.9 Å². The molecule has 1 aliphatic heterocycles. The van der Waals surface area contributed by atoms with Crippen LogP contribution in [0.15, 0.2) is 82.6 Å². The van der Waals surface area contributed by atoms with E-state index in [2.05, 4.69) is 0 Å². The Balaban J connectivity index is 1.67. The standard InChI is InChI=1S/C25H24FN3O6S2/c1-17-2-8-20(9-3-17)29-24(30)16-23(25(29)31)28(37(34,35)22-12-6-19(26)7-13-22)15-14-18-4-10-21(11-5-18)36(27,32)33/h2-13,23H,14-16H2,1H3,(H2,27,32,33). The number of hydrogen-bond donors (Lipinski definition) is 1. The van der Waals surface area contributed by atoms with E-state index in [0.717, 1.165) is 39.0 Å². The fourth-order valence-corrected chi connectivity index (χ4v) is 6.17. The van der Waals surface area contributed by atoms with E-state index in [9.17, 15) is 30.8 Å². The van der Waals surface area contributed by atoms with Crippen LogP contribution in [0, 0.1) is 12.7 Å². The first kappa shape index (κ1) is 26.6. The fourth-order valence-electron chi connectivity index (χ4n) is 4.08. The summed E-state index contributed by atoms with van der Waals surface area (Å²) in [6.45, 7) is 1.66. The van der Waals surface area contributed by atoms with Crippen molar-refractivity contribution in [3.05, 3.63) is 89.7 Å². The number of carbonyl (C=O) groups is 2. The van der Waals surface area contributed by atoms with Crippen LogP contribution in [0.2, 0.25) is 0 Å². The molecule has 1 saturated heterocycles. The number of primary sulfonamides is 1. The lowest BCUT2D eigenvalue weighted by Crippen LogP contribution is -2.46. The molecule has 0 aliphatic carbocycles. The number of imide groups is 1. The summed E-state index contributed by atoms with van der Waals surface area (Å²) in [7, 11) is -8.22. The van der Waals surface area contributed by atoms with Gasteiger partial charge in [0.25, 0.3) is 5.91 Å². The van der Waals surface area contributed by atoms with E-state index in [1.807, 2.05) is 6.92 Å². The third kappa shape index (κ3) is 5.62. The molecule has 3 aromatic carbocycles. The lowest BCUT2D eigenvalue weighted by molar-refractivity contribution is -0.122. The van der Waals surface area contributed by atoms with Gasteiger partial charge in [-0.25, -0.2) is 31.3 Å². The van der Waals surface area contributed by atoms with Crippen molar-refractivity contribution in [2.45, 2.75) is 35.6 Å². The van der Waals surface area contributed by atoms with Crippen LogP contribution in [0.3, 0.4) is 0 Å². The summed E-state index contributed by atoms with van der Waals surface area (Å²) in [5.74, 6) is -1.86. The van der Waals surface area contributed by atoms with E-state index >= 15 is 0 Å². The highest BCUT2D eigenvalue weighted by atomic mass is 32.2. The molecular formula is C25H24FN3O6S2. The number of anilines is 1. The van der Waals surface area contributed by atoms with Gasteiger partial charge in [0.15, 0.2) is 0 Å². The molecule has 2 amide bonds. The summed E-state index contributed by atoms with van der Waals surface area (Å²) in [5.41, 5.74) is 1.84. The van der Waals surface area contributed by atoms with Crippen molar-refractivity contribution in [3.8, 4) is 0 Å². The highest BCUT2D eigenvalue weighted by molar-refractivity contribution is 7.89. The molecule has 0 spiro atoms. The van der Waals surface area contributed by atoms with Crippen molar-refractivity contribution in [3.63, 3.8) is 0 Å². The minimum atomic E-state index is -4.32. The molecule has 1 unspecified atom stereocenters. The van der Waals surface area contributed by atoms with Crippen molar-refractivity contribution in [1.29, 1.82) is 0 Å². The number of sulfonamides is 2. The summed E-state index contributed by atoms with van der Waals surface area (Å²) < 4.78 is 64.7. The predicted molar refractivity (Wildman–Crippen MR) is 134 cm³/mol. The molecule has 0 bridgehead atoms. The van der Waals surface area contributed by atoms with Crippen molar-refractivity contribution >= 4 is 37.5 Å². The van der Waals surface area contributed by atoms with Gasteiger partial charge >= 0.3 is 0 Å². The van der Waals surface area contributed by atoms with Crippen LogP contribution in [-0.2, 0) is 36.1 Å². The van der Waals surface area contributed by atoms with E-state index in [4.69, 9.17) is 5.14 Å². The maximum Gasteiger partial charge on any atom is 0.252 e. The molecule has 1 atom stereocenters. The molecule has 0 saturated carbocycles. The summed E-state index contributed by atoms with van der Waals surface area (Å²) >= 11 is 0. The largest absolute Gasteiger partial charge is 0.274 e. The minimum absolute atomic E-state index is 0.0997. The Morgan fingerprint density at radius 3 is 2.03 bits per heavy atom. The van der Waals surface area contributed by atoms with Gasteiger partial charge < -0.3 is 0 Å². The second kappa shape index (κ2) is 10.1. The monoisotopic (exact) mass is 545 g/mol. The van der Waals surface area contributed by atoms with E-state index in [0.29, 0.717) is 11.3 Å². The second-order valence-corrected chi connectivity index (χ2v) is 12.1. The minimum Gasteiger partial charge on any atom is -0.274 e. The molecule has 1 aliphatic rings. The molecule has 2 N–H and O–H groups in total. The zero-order valence-corrected chi connectivity index (χ0v) is 21.4. The van der Waals surface area contributed by atoms with Crippen LogP contribution in [0.4, 0.5) is 10.1 Å². The molecule has 3 aromatic rings. The summed E-state index contributed by atoms with van der Waals surface area (Å²) in [5, 5.41) is 5.13. The van der Waals surface area contributed by atoms with Crippen molar-refractivity contribution < 1.29 is 30.8 Å². The summed E-state index contributed by atoms with van der Waals surface area (Å²) in [6, 6.07) is 15.1. The first-order valence-corrected chi connectivity index (χ1v) is 14.2. The van der Waals surface area contributed by atoms with Gasteiger partial charge in [0, 0.05) is 6.54 Å². The average Bonchev–Trinajstić information content (AvgIpc) is 3.13. The van der Waals surface area contributed by atoms with E-state index < -0.39 is 43.7 Å². The van der Waals surface area contributed by atoms with Gasteiger partial charge in [-0.2, -0.15) is 4.31 Å². The molecule has 4 rings (SSSR count). The van der Waals surface area contributed by atoms with E-state index in [1.165, 1.54) is 24.3 Å². The van der Waals surface area contributed by atoms with Gasteiger partial charge in [-0.3, -0.25) is 9.59 Å². The first-order chi connectivity index (χ1) is 17.4. The smallest absolute Gasteiger partial charge is 0.252 e. The van der Waals surface area contributed by atoms with Gasteiger partial charge in [-0.1, -0.05) is 29.8 Å². The molecule has 0 radical (unpaired) electrons. The maximum absolute atomic E-state index is 13.6. The number of nitrogens with two attached hydrogens (primary N) is 1. The lowest BCUT2D eigenvalue weighted by atomic mass is 10.1. The van der Waals surface area contributed by atoms with Gasteiger partial charge in [0.05, 0.1) is 21.9 Å². The number of hydrogen-bond acceptors (Lipinski definition) is 6. The lowest BCUT2D eigenvalue weighted by Gasteiger charge is -2.27. The van der Waals surface area contributed by atoms with E-state index in [1.54, 1.807) is 24.3 Å². The van der Waals surface area contributed by atoms with Gasteiger partial charge in [-0.15, -0.1) is 0 Å². The quantitative estimate of drug-likeness (QED) is 0.432. The number of nitrogens with zero attached hydrogens (tertiary/aromatic N) is 2. The van der Waals surface area contributed by atoms with Crippen LogP contribution >= 0.6 is 0 Å². The number of halogens is 1. The Labute approximate surface area is 214 Å². The van der Waals surface area contributed by atoms with Crippen molar-refractivity contribution in [2.75, 3.05) is 11.4 Å². The maximum atomic E-state index is 13.6. The normalized spacial score (nSPS) is 16.5. The van der Waals surface area contributed by atoms with Gasteiger partial charge in [0.2, 0.25) is 26.0 Å². The van der Waals surface area contributed by atoms with Crippen LogP contribution in [0.5, 0.6) is 0 Å². The van der Waals surface area contributed by atoms with E-state index in [-0.39, 0.29) is 29.2 Å². The van der Waals surface area contributed by atoms with Crippen molar-refractivity contribution in [2.24, 2.45) is 5.14 Å². The Hall–Kier alpha value is -3.45. The Kier molecular flexibility index (Phi) is 7.29. The molecular weight excluding hydrogens is 521 g/mol. The van der Waals surface area contributed by atoms with Crippen LogP contribution < -0.4 is 10.0 Å². The van der Waals surface area contributed by atoms with Gasteiger partial charge in [-0.05, 0) is 67.4 Å². The molecule has 0 aromatic heterocycles. The van der Waals surface area contributed by atoms with Crippen LogP contribution in [-0.4, -0.2) is 45.5 Å². The third-order valence-electron chi connectivity index (χ3n) is 6.06. The number of amides is 2. The molecule has 1 fully saturated rings. The Morgan fingerprint density at radius 2 is 1.46 bits per heavy atom. The zero-order valence-electron chi connectivity index (χ0n) is 19.7. The second-order valence-electron chi connectivity index (χ2n) is 8.63. The summed E-state index contributed by atoms with van der Waals surface area (Å²) in [4.78, 5) is 26.9. The highest BCUT2D eigenvalue weighted by Crippen LogP contribution is 2.30. The highest BCUT2D eigenvalue weighted by Gasteiger charge is 2.46. The zero-order chi connectivity index (χ0) is 27.0. The molecule has 1 heterocycles. The number of rotatable bonds is 8. The average molecular weight is 546 g/mol. The first-order valence-electron chi connectivity index (χ1n) is 11.2. The topological polar surface area (TPSA) is 135 Å². The van der Waals surface area contributed by atoms with Crippen LogP contribution in [0.1, 0.15) is 17.5 Å². The summed E-state index contributed by atoms with van der Waals surface area (Å²) in [6.07, 6.45) is -0.259.